The van der Waals surface area contributed by atoms with Crippen LogP contribution in [0.15, 0.2) is 72.8 Å². The fourth-order valence-electron chi connectivity index (χ4n) is 4.09. The van der Waals surface area contributed by atoms with Crippen molar-refractivity contribution in [3.8, 4) is 51.2 Å². The lowest BCUT2D eigenvalue weighted by atomic mass is 10.0. The molecule has 0 aliphatic carbocycles. The molecule has 0 aliphatic rings. The van der Waals surface area contributed by atoms with E-state index in [4.69, 9.17) is 14.7 Å². The van der Waals surface area contributed by atoms with Crippen LogP contribution in [0.4, 0.5) is 0 Å². The van der Waals surface area contributed by atoms with E-state index < -0.39 is 0 Å². The van der Waals surface area contributed by atoms with Gasteiger partial charge in [-0.25, -0.2) is 9.97 Å². The van der Waals surface area contributed by atoms with Crippen LogP contribution < -0.4 is 4.74 Å². The lowest BCUT2D eigenvalue weighted by Gasteiger charge is -2.11. The van der Waals surface area contributed by atoms with E-state index in [1.807, 2.05) is 60.7 Å². The van der Waals surface area contributed by atoms with Crippen LogP contribution in [0.3, 0.4) is 0 Å². The summed E-state index contributed by atoms with van der Waals surface area (Å²) in [6.45, 7) is 2.20. The molecule has 5 heteroatoms. The molecule has 0 radical (unpaired) electrons. The van der Waals surface area contributed by atoms with Gasteiger partial charge in [0.05, 0.1) is 29.9 Å². The van der Waals surface area contributed by atoms with Gasteiger partial charge in [-0.2, -0.15) is 0 Å². The van der Waals surface area contributed by atoms with Crippen molar-refractivity contribution in [1.82, 2.24) is 9.97 Å². The Labute approximate surface area is 200 Å². The van der Waals surface area contributed by atoms with E-state index in [2.05, 4.69) is 6.92 Å². The second kappa shape index (κ2) is 10.8. The van der Waals surface area contributed by atoms with E-state index in [1.54, 1.807) is 12.1 Å². The minimum Gasteiger partial charge on any atom is -0.507 e. The zero-order chi connectivity index (χ0) is 23.9. The standard InChI is InChI=1S/C29H30N2O3/c1-3-4-5-6-11-20-12-7-13-21(28(20)32)23-15-9-17-25(30-23)26-18-10-16-24(31-26)22-14-8-19-27(34-2)29(22)33/h7-10,12-19,32-33H,3-6,11H2,1-2H3. The van der Waals surface area contributed by atoms with Crippen LogP contribution in [0.25, 0.3) is 33.9 Å². The Morgan fingerprint density at radius 3 is 1.82 bits per heavy atom. The third-order valence-corrected chi connectivity index (χ3v) is 5.95. The van der Waals surface area contributed by atoms with Gasteiger partial charge in [0.2, 0.25) is 0 Å². The zero-order valence-electron chi connectivity index (χ0n) is 19.7. The Kier molecular flexibility index (Phi) is 7.43. The summed E-state index contributed by atoms with van der Waals surface area (Å²) >= 11 is 0. The summed E-state index contributed by atoms with van der Waals surface area (Å²) in [7, 11) is 1.52. The number of unbranched alkanes of at least 4 members (excludes halogenated alkanes) is 3. The molecule has 2 N–H and O–H groups in total. The van der Waals surface area contributed by atoms with E-state index in [0.29, 0.717) is 39.8 Å². The number of aromatic hydroxyl groups is 2. The van der Waals surface area contributed by atoms with Crippen molar-refractivity contribution < 1.29 is 14.9 Å². The number of pyridine rings is 2. The summed E-state index contributed by atoms with van der Waals surface area (Å²) in [5.41, 5.74) is 4.95. The minimum absolute atomic E-state index is 0.0528. The van der Waals surface area contributed by atoms with Gasteiger partial charge in [0.25, 0.3) is 0 Å². The van der Waals surface area contributed by atoms with Crippen molar-refractivity contribution in [2.24, 2.45) is 0 Å². The number of hydrogen-bond donors (Lipinski definition) is 2. The third kappa shape index (κ3) is 5.04. The van der Waals surface area contributed by atoms with Crippen molar-refractivity contribution in [2.75, 3.05) is 7.11 Å². The average molecular weight is 455 g/mol. The fraction of sp³-hybridized carbons (Fsp3) is 0.241. The fourth-order valence-corrected chi connectivity index (χ4v) is 4.09. The Hall–Kier alpha value is -3.86. The topological polar surface area (TPSA) is 75.5 Å². The van der Waals surface area contributed by atoms with Crippen LogP contribution in [0, 0.1) is 0 Å². The molecule has 2 aromatic heterocycles. The number of nitrogens with zero attached hydrogens (tertiary/aromatic N) is 2. The molecule has 174 valence electrons. The van der Waals surface area contributed by atoms with Crippen molar-refractivity contribution >= 4 is 0 Å². The molecule has 2 aromatic carbocycles. The van der Waals surface area contributed by atoms with Crippen LogP contribution in [-0.2, 0) is 6.42 Å². The van der Waals surface area contributed by atoms with Gasteiger partial charge in [-0.15, -0.1) is 0 Å². The molecule has 0 saturated heterocycles. The molecular formula is C29H30N2O3. The third-order valence-electron chi connectivity index (χ3n) is 5.95. The number of methoxy groups -OCH3 is 1. The van der Waals surface area contributed by atoms with E-state index in [9.17, 15) is 10.2 Å². The maximum absolute atomic E-state index is 10.9. The maximum Gasteiger partial charge on any atom is 0.167 e. The monoisotopic (exact) mass is 454 g/mol. The first kappa shape index (κ1) is 23.3. The number of aromatic nitrogens is 2. The summed E-state index contributed by atoms with van der Waals surface area (Å²) in [5.74, 6) is 0.749. The molecule has 0 aliphatic heterocycles. The Bertz CT molecular complexity index is 1270. The van der Waals surface area contributed by atoms with Gasteiger partial charge in [-0.1, -0.05) is 56.5 Å². The quantitative estimate of drug-likeness (QED) is 0.266. The minimum atomic E-state index is 0.0528. The Morgan fingerprint density at radius 2 is 1.21 bits per heavy atom. The molecule has 0 fully saturated rings. The van der Waals surface area contributed by atoms with E-state index in [-0.39, 0.29) is 5.75 Å². The highest BCUT2D eigenvalue weighted by molar-refractivity contribution is 5.74. The van der Waals surface area contributed by atoms with E-state index in [1.165, 1.54) is 26.4 Å². The maximum atomic E-state index is 10.9. The van der Waals surface area contributed by atoms with Crippen LogP contribution in [0.1, 0.15) is 38.2 Å². The molecule has 0 saturated carbocycles. The first-order chi connectivity index (χ1) is 16.6. The molecule has 4 aromatic rings. The molecule has 2 heterocycles. The predicted octanol–water partition coefficient (Wildman–Crippen LogP) is 7.02. The van der Waals surface area contributed by atoms with Gasteiger partial charge in [-0.05, 0) is 60.9 Å². The van der Waals surface area contributed by atoms with Crippen molar-refractivity contribution in [2.45, 2.75) is 39.0 Å². The highest BCUT2D eigenvalue weighted by Gasteiger charge is 2.14. The lowest BCUT2D eigenvalue weighted by Crippen LogP contribution is -1.94. The molecule has 5 nitrogen and oxygen atoms in total. The van der Waals surface area contributed by atoms with Gasteiger partial charge in [0.15, 0.2) is 11.5 Å². The Morgan fingerprint density at radius 1 is 0.647 bits per heavy atom. The normalized spacial score (nSPS) is 10.9. The van der Waals surface area contributed by atoms with Crippen LogP contribution in [0.2, 0.25) is 0 Å². The predicted molar refractivity (Wildman–Crippen MR) is 136 cm³/mol. The van der Waals surface area contributed by atoms with Crippen molar-refractivity contribution in [3.05, 3.63) is 78.4 Å². The van der Waals surface area contributed by atoms with Gasteiger partial charge in [0.1, 0.15) is 5.75 Å². The number of para-hydroxylation sites is 2. The summed E-state index contributed by atoms with van der Waals surface area (Å²) in [5, 5.41) is 21.5. The summed E-state index contributed by atoms with van der Waals surface area (Å²) < 4.78 is 5.23. The van der Waals surface area contributed by atoms with Crippen LogP contribution in [0.5, 0.6) is 17.2 Å². The van der Waals surface area contributed by atoms with E-state index >= 15 is 0 Å². The number of benzene rings is 2. The molecule has 4 rings (SSSR count). The SMILES string of the molecule is CCCCCCc1cccc(-c2cccc(-c3cccc(-c4cccc(OC)c4O)n3)n2)c1O. The number of ether oxygens (including phenoxy) is 1. The average Bonchev–Trinajstić information content (AvgIpc) is 2.88. The molecule has 0 bridgehead atoms. The first-order valence-corrected chi connectivity index (χ1v) is 11.7. The van der Waals surface area contributed by atoms with Gasteiger partial charge in [0, 0.05) is 11.1 Å². The lowest BCUT2D eigenvalue weighted by molar-refractivity contribution is 0.374. The zero-order valence-corrected chi connectivity index (χ0v) is 19.7. The van der Waals surface area contributed by atoms with Gasteiger partial charge < -0.3 is 14.9 Å². The van der Waals surface area contributed by atoms with Crippen molar-refractivity contribution in [3.63, 3.8) is 0 Å². The largest absolute Gasteiger partial charge is 0.507 e. The number of phenolic OH excluding ortho intramolecular Hbond substituents is 2. The molecular weight excluding hydrogens is 424 g/mol. The second-order valence-corrected chi connectivity index (χ2v) is 8.30. The van der Waals surface area contributed by atoms with Crippen LogP contribution in [-0.4, -0.2) is 27.3 Å². The number of rotatable bonds is 9. The van der Waals surface area contributed by atoms with Gasteiger partial charge in [-0.3, -0.25) is 0 Å². The molecule has 0 atom stereocenters. The summed E-state index contributed by atoms with van der Waals surface area (Å²) in [6, 6.07) is 22.5. The number of aryl methyl sites for hydroxylation is 1. The summed E-state index contributed by atoms with van der Waals surface area (Å²) in [4.78, 5) is 9.55. The molecule has 34 heavy (non-hydrogen) atoms. The molecule has 0 spiro atoms. The highest BCUT2D eigenvalue weighted by Crippen LogP contribution is 2.37. The number of hydrogen-bond acceptors (Lipinski definition) is 5. The Balaban J connectivity index is 1.65. The number of phenols is 2. The van der Waals surface area contributed by atoms with E-state index in [0.717, 1.165) is 24.0 Å². The first-order valence-electron chi connectivity index (χ1n) is 11.7. The smallest absolute Gasteiger partial charge is 0.167 e. The molecule has 0 amide bonds. The second-order valence-electron chi connectivity index (χ2n) is 8.30. The van der Waals surface area contributed by atoms with Crippen LogP contribution >= 0.6 is 0 Å². The van der Waals surface area contributed by atoms with Crippen molar-refractivity contribution in [1.29, 1.82) is 0 Å². The highest BCUT2D eigenvalue weighted by atomic mass is 16.5. The van der Waals surface area contributed by atoms with Gasteiger partial charge >= 0.3 is 0 Å². The summed E-state index contributed by atoms with van der Waals surface area (Å²) in [6.07, 6.45) is 5.48. The molecule has 0 unspecified atom stereocenters.